The van der Waals surface area contributed by atoms with E-state index in [1.165, 1.54) is 12.1 Å². The van der Waals surface area contributed by atoms with Gasteiger partial charge in [0.05, 0.1) is 5.41 Å². The predicted molar refractivity (Wildman–Crippen MR) is 72.9 cm³/mol. The van der Waals surface area contributed by atoms with E-state index in [1.54, 1.807) is 18.2 Å². The van der Waals surface area contributed by atoms with Gasteiger partial charge in [0.2, 0.25) is 5.91 Å². The number of fused-ring (bicyclic) bond motifs is 1. The fourth-order valence-corrected chi connectivity index (χ4v) is 2.62. The van der Waals surface area contributed by atoms with Gasteiger partial charge in [0.15, 0.2) is 0 Å². The molecule has 0 saturated carbocycles. The van der Waals surface area contributed by atoms with Crippen LogP contribution in [0, 0.1) is 5.82 Å². The van der Waals surface area contributed by atoms with E-state index in [0.29, 0.717) is 10.7 Å². The van der Waals surface area contributed by atoms with E-state index >= 15 is 0 Å². The number of nitrogens with one attached hydrogen (secondary N) is 1. The summed E-state index contributed by atoms with van der Waals surface area (Å²) in [5.41, 5.74) is 1.33. The first-order valence-corrected chi connectivity index (χ1v) is 6.27. The molecule has 1 amide bonds. The number of halogens is 2. The molecule has 96 valence electrons. The van der Waals surface area contributed by atoms with E-state index in [-0.39, 0.29) is 11.7 Å². The maximum absolute atomic E-state index is 13.2. The molecule has 0 fully saturated rings. The van der Waals surface area contributed by atoms with Gasteiger partial charge in [0.25, 0.3) is 0 Å². The Hall–Kier alpha value is -1.87. The maximum Gasteiger partial charge on any atom is 0.239 e. The largest absolute Gasteiger partial charge is 0.325 e. The van der Waals surface area contributed by atoms with Gasteiger partial charge >= 0.3 is 0 Å². The van der Waals surface area contributed by atoms with Gasteiger partial charge in [-0.3, -0.25) is 4.79 Å². The van der Waals surface area contributed by atoms with Gasteiger partial charge < -0.3 is 5.32 Å². The van der Waals surface area contributed by atoms with Crippen molar-refractivity contribution in [2.24, 2.45) is 0 Å². The molecule has 1 unspecified atom stereocenters. The second-order valence-electron chi connectivity index (χ2n) is 4.78. The Kier molecular flexibility index (Phi) is 2.61. The molecule has 0 aromatic heterocycles. The molecule has 0 bridgehead atoms. The monoisotopic (exact) mass is 275 g/mol. The number of benzene rings is 2. The molecule has 2 aromatic carbocycles. The second-order valence-corrected chi connectivity index (χ2v) is 5.21. The van der Waals surface area contributed by atoms with Gasteiger partial charge in [-0.25, -0.2) is 4.39 Å². The summed E-state index contributed by atoms with van der Waals surface area (Å²) in [6.45, 7) is 1.83. The van der Waals surface area contributed by atoms with E-state index in [1.807, 2.05) is 19.1 Å². The lowest BCUT2D eigenvalue weighted by molar-refractivity contribution is -0.119. The number of carbonyl (C=O) groups is 1. The summed E-state index contributed by atoms with van der Waals surface area (Å²) in [6.07, 6.45) is 0. The average Bonchev–Trinajstić information content (AvgIpc) is 2.62. The van der Waals surface area contributed by atoms with Gasteiger partial charge in [0, 0.05) is 10.7 Å². The van der Waals surface area contributed by atoms with Gasteiger partial charge in [-0.2, -0.15) is 0 Å². The molecule has 4 heteroatoms. The number of rotatable bonds is 1. The first-order chi connectivity index (χ1) is 9.01. The molecule has 0 spiro atoms. The summed E-state index contributed by atoms with van der Waals surface area (Å²) < 4.78 is 13.2. The summed E-state index contributed by atoms with van der Waals surface area (Å²) >= 11 is 5.87. The molecule has 0 saturated heterocycles. The number of carbonyl (C=O) groups excluding carboxylic acids is 1. The second kappa shape index (κ2) is 4.07. The minimum absolute atomic E-state index is 0.157. The Morgan fingerprint density at radius 3 is 2.53 bits per heavy atom. The van der Waals surface area contributed by atoms with Crippen LogP contribution >= 0.6 is 11.6 Å². The summed E-state index contributed by atoms with van der Waals surface area (Å²) in [5.74, 6) is -0.519. The molecule has 1 aliphatic rings. The van der Waals surface area contributed by atoms with Crippen LogP contribution in [0.4, 0.5) is 10.1 Å². The van der Waals surface area contributed by atoms with E-state index in [0.717, 1.165) is 11.1 Å². The first-order valence-electron chi connectivity index (χ1n) is 5.89. The summed E-state index contributed by atoms with van der Waals surface area (Å²) in [6, 6.07) is 11.5. The zero-order chi connectivity index (χ0) is 13.6. The Morgan fingerprint density at radius 1 is 1.16 bits per heavy atom. The number of anilines is 1. The zero-order valence-corrected chi connectivity index (χ0v) is 11.0. The van der Waals surface area contributed by atoms with Crippen LogP contribution < -0.4 is 5.32 Å². The van der Waals surface area contributed by atoms with Crippen molar-refractivity contribution in [1.29, 1.82) is 0 Å². The maximum atomic E-state index is 13.2. The normalized spacial score (nSPS) is 21.1. The number of amides is 1. The third kappa shape index (κ3) is 1.73. The topological polar surface area (TPSA) is 29.1 Å². The lowest BCUT2D eigenvalue weighted by atomic mass is 9.77. The van der Waals surface area contributed by atoms with Crippen LogP contribution in [0.3, 0.4) is 0 Å². The van der Waals surface area contributed by atoms with Crippen molar-refractivity contribution in [3.8, 4) is 0 Å². The van der Waals surface area contributed by atoms with Crippen LogP contribution in [-0.4, -0.2) is 5.91 Å². The molecule has 2 aromatic rings. The minimum Gasteiger partial charge on any atom is -0.325 e. The Balaban J connectivity index is 2.19. The third-order valence-corrected chi connectivity index (χ3v) is 3.90. The van der Waals surface area contributed by atoms with Crippen molar-refractivity contribution in [3.63, 3.8) is 0 Å². The van der Waals surface area contributed by atoms with E-state index in [4.69, 9.17) is 11.6 Å². The molecule has 2 nitrogen and oxygen atoms in total. The highest BCUT2D eigenvalue weighted by atomic mass is 35.5. The van der Waals surface area contributed by atoms with Crippen LogP contribution in [0.1, 0.15) is 18.1 Å². The van der Waals surface area contributed by atoms with Crippen LogP contribution in [0.2, 0.25) is 5.02 Å². The Bertz CT molecular complexity index is 668. The van der Waals surface area contributed by atoms with Crippen molar-refractivity contribution in [3.05, 3.63) is 64.4 Å². The van der Waals surface area contributed by atoms with E-state index < -0.39 is 5.41 Å². The molecular formula is C15H11ClFNO. The van der Waals surface area contributed by atoms with Crippen molar-refractivity contribution in [1.82, 2.24) is 0 Å². The Morgan fingerprint density at radius 2 is 1.84 bits per heavy atom. The lowest BCUT2D eigenvalue weighted by Crippen LogP contribution is -2.32. The highest BCUT2D eigenvalue weighted by molar-refractivity contribution is 6.30. The molecule has 19 heavy (non-hydrogen) atoms. The van der Waals surface area contributed by atoms with E-state index in [2.05, 4.69) is 5.32 Å². The molecule has 1 heterocycles. The van der Waals surface area contributed by atoms with Crippen LogP contribution in [0.5, 0.6) is 0 Å². The molecule has 3 rings (SSSR count). The average molecular weight is 276 g/mol. The highest BCUT2D eigenvalue weighted by Crippen LogP contribution is 2.42. The van der Waals surface area contributed by atoms with E-state index in [9.17, 15) is 9.18 Å². The number of hydrogen-bond donors (Lipinski definition) is 1. The standard InChI is InChI=1S/C15H11ClFNO/c1-15(9-2-4-10(16)5-3-9)12-7-6-11(17)8-13(12)18-14(15)19/h2-8H,1H3,(H,18,19). The van der Waals surface area contributed by atoms with Crippen molar-refractivity contribution >= 4 is 23.2 Å². The van der Waals surface area contributed by atoms with Crippen molar-refractivity contribution in [2.45, 2.75) is 12.3 Å². The van der Waals surface area contributed by atoms with Gasteiger partial charge in [-0.15, -0.1) is 0 Å². The number of hydrogen-bond acceptors (Lipinski definition) is 1. The molecule has 1 N–H and O–H groups in total. The van der Waals surface area contributed by atoms with Crippen molar-refractivity contribution in [2.75, 3.05) is 5.32 Å². The molecular weight excluding hydrogens is 265 g/mol. The van der Waals surface area contributed by atoms with Crippen molar-refractivity contribution < 1.29 is 9.18 Å². The Labute approximate surface area is 115 Å². The SMILES string of the molecule is CC1(c2ccc(Cl)cc2)C(=O)Nc2cc(F)ccc21. The first kappa shape index (κ1) is 12.2. The molecule has 1 aliphatic heterocycles. The zero-order valence-electron chi connectivity index (χ0n) is 10.2. The fraction of sp³-hybridized carbons (Fsp3) is 0.133. The quantitative estimate of drug-likeness (QED) is 0.844. The summed E-state index contributed by atoms with van der Waals surface area (Å²) in [4.78, 5) is 12.3. The van der Waals surface area contributed by atoms with Crippen LogP contribution in [0.15, 0.2) is 42.5 Å². The molecule has 0 radical (unpaired) electrons. The van der Waals surface area contributed by atoms with Gasteiger partial charge in [-0.1, -0.05) is 29.8 Å². The highest BCUT2D eigenvalue weighted by Gasteiger charge is 2.44. The third-order valence-electron chi connectivity index (χ3n) is 3.64. The summed E-state index contributed by atoms with van der Waals surface area (Å²) in [7, 11) is 0. The fourth-order valence-electron chi connectivity index (χ4n) is 2.50. The lowest BCUT2D eigenvalue weighted by Gasteiger charge is -2.22. The van der Waals surface area contributed by atoms with Crippen LogP contribution in [0.25, 0.3) is 0 Å². The van der Waals surface area contributed by atoms with Gasteiger partial charge in [0.1, 0.15) is 5.82 Å². The molecule has 1 atom stereocenters. The van der Waals surface area contributed by atoms with Gasteiger partial charge in [-0.05, 0) is 42.3 Å². The summed E-state index contributed by atoms with van der Waals surface area (Å²) in [5, 5.41) is 3.35. The smallest absolute Gasteiger partial charge is 0.239 e. The van der Waals surface area contributed by atoms with Crippen LogP contribution in [-0.2, 0) is 10.2 Å². The predicted octanol–water partition coefficient (Wildman–Crippen LogP) is 3.74. The minimum atomic E-state index is -0.812. The molecule has 0 aliphatic carbocycles.